The van der Waals surface area contributed by atoms with E-state index in [1.807, 2.05) is 13.0 Å². The first kappa shape index (κ1) is 17.9. The molecule has 2 N–H and O–H groups in total. The van der Waals surface area contributed by atoms with E-state index in [0.717, 1.165) is 23.3 Å². The lowest BCUT2D eigenvalue weighted by molar-refractivity contribution is -0.137. The summed E-state index contributed by atoms with van der Waals surface area (Å²) in [4.78, 5) is 12.2. The number of amides is 1. The number of hydrogen-bond acceptors (Lipinski definition) is 2. The molecule has 0 radical (unpaired) electrons. The van der Waals surface area contributed by atoms with E-state index in [2.05, 4.69) is 10.6 Å². The summed E-state index contributed by atoms with van der Waals surface area (Å²) in [6, 6.07) is 9.92. The predicted molar refractivity (Wildman–Crippen MR) is 91.0 cm³/mol. The lowest BCUT2D eigenvalue weighted by atomic mass is 10.1. The minimum Gasteiger partial charge on any atom is -0.332 e. The highest BCUT2D eigenvalue weighted by Crippen LogP contribution is 2.30. The van der Waals surface area contributed by atoms with Crippen LogP contribution in [0.3, 0.4) is 0 Å². The van der Waals surface area contributed by atoms with Crippen LogP contribution < -0.4 is 10.6 Å². The van der Waals surface area contributed by atoms with Gasteiger partial charge in [0, 0.05) is 11.3 Å². The lowest BCUT2D eigenvalue weighted by Crippen LogP contribution is -2.34. The van der Waals surface area contributed by atoms with Gasteiger partial charge in [-0.1, -0.05) is 23.8 Å². The second-order valence-corrected chi connectivity index (χ2v) is 5.71. The number of halogens is 3. The summed E-state index contributed by atoms with van der Waals surface area (Å²) < 4.78 is 38.1. The van der Waals surface area contributed by atoms with Crippen LogP contribution in [0.25, 0.3) is 0 Å². The quantitative estimate of drug-likeness (QED) is 0.785. The number of rotatable bonds is 2. The van der Waals surface area contributed by atoms with E-state index in [4.69, 9.17) is 12.2 Å². The van der Waals surface area contributed by atoms with E-state index in [-0.39, 0.29) is 10.8 Å². The highest BCUT2D eigenvalue weighted by molar-refractivity contribution is 7.80. The fourth-order valence-electron chi connectivity index (χ4n) is 2.17. The zero-order chi connectivity index (χ0) is 17.9. The topological polar surface area (TPSA) is 41.1 Å². The highest BCUT2D eigenvalue weighted by Gasteiger charge is 2.30. The molecule has 0 fully saturated rings. The molecule has 126 valence electrons. The van der Waals surface area contributed by atoms with Crippen molar-refractivity contribution in [3.8, 4) is 0 Å². The van der Waals surface area contributed by atoms with Gasteiger partial charge >= 0.3 is 6.18 Å². The minimum absolute atomic E-state index is 0.0701. The maximum atomic E-state index is 12.7. The summed E-state index contributed by atoms with van der Waals surface area (Å²) in [6.45, 7) is 3.71. The molecular formula is C17H15F3N2OS. The molecule has 2 aromatic rings. The van der Waals surface area contributed by atoms with Gasteiger partial charge in [-0.2, -0.15) is 13.2 Å². The van der Waals surface area contributed by atoms with Crippen LogP contribution in [-0.4, -0.2) is 11.0 Å². The number of anilines is 1. The third-order valence-corrected chi connectivity index (χ3v) is 3.51. The van der Waals surface area contributed by atoms with Crippen LogP contribution in [0.15, 0.2) is 42.5 Å². The van der Waals surface area contributed by atoms with Crippen molar-refractivity contribution in [2.75, 3.05) is 5.32 Å². The Morgan fingerprint density at radius 3 is 2.42 bits per heavy atom. The molecule has 1 amide bonds. The van der Waals surface area contributed by atoms with Crippen LogP contribution in [0, 0.1) is 13.8 Å². The van der Waals surface area contributed by atoms with E-state index < -0.39 is 17.6 Å². The molecule has 24 heavy (non-hydrogen) atoms. The molecule has 0 bridgehead atoms. The summed E-state index contributed by atoms with van der Waals surface area (Å²) in [5.74, 6) is -0.419. The van der Waals surface area contributed by atoms with Crippen molar-refractivity contribution in [2.24, 2.45) is 0 Å². The Hall–Kier alpha value is -2.41. The first-order chi connectivity index (χ1) is 11.2. The molecular weight excluding hydrogens is 337 g/mol. The Bertz CT molecular complexity index is 788. The van der Waals surface area contributed by atoms with Crippen molar-refractivity contribution in [1.29, 1.82) is 0 Å². The van der Waals surface area contributed by atoms with Gasteiger partial charge in [-0.3, -0.25) is 10.1 Å². The van der Waals surface area contributed by atoms with Gasteiger partial charge in [-0.15, -0.1) is 0 Å². The SMILES string of the molecule is Cc1ccc(C(=O)NC(=S)Nc2cccc(C(F)(F)F)c2)c(C)c1. The molecule has 0 saturated carbocycles. The molecule has 0 atom stereocenters. The molecule has 0 aromatic heterocycles. The van der Waals surface area contributed by atoms with Gasteiger partial charge in [-0.05, 0) is 55.9 Å². The van der Waals surface area contributed by atoms with E-state index in [9.17, 15) is 18.0 Å². The third kappa shape index (κ3) is 4.55. The van der Waals surface area contributed by atoms with Gasteiger partial charge in [0.1, 0.15) is 0 Å². The van der Waals surface area contributed by atoms with Crippen molar-refractivity contribution < 1.29 is 18.0 Å². The Morgan fingerprint density at radius 2 is 1.79 bits per heavy atom. The number of hydrogen-bond donors (Lipinski definition) is 2. The summed E-state index contributed by atoms with van der Waals surface area (Å²) in [5, 5.41) is 4.98. The van der Waals surface area contributed by atoms with Crippen molar-refractivity contribution in [3.05, 3.63) is 64.7 Å². The van der Waals surface area contributed by atoms with E-state index in [1.165, 1.54) is 12.1 Å². The van der Waals surface area contributed by atoms with E-state index in [0.29, 0.717) is 5.56 Å². The second-order valence-electron chi connectivity index (χ2n) is 5.31. The van der Waals surface area contributed by atoms with E-state index >= 15 is 0 Å². The Kier molecular flexibility index (Phi) is 5.23. The molecule has 0 spiro atoms. The van der Waals surface area contributed by atoms with Crippen molar-refractivity contribution >= 4 is 28.9 Å². The van der Waals surface area contributed by atoms with Gasteiger partial charge in [0.2, 0.25) is 0 Å². The van der Waals surface area contributed by atoms with Crippen LogP contribution in [0.5, 0.6) is 0 Å². The van der Waals surface area contributed by atoms with Crippen LogP contribution in [0.1, 0.15) is 27.0 Å². The number of thiocarbonyl (C=S) groups is 1. The van der Waals surface area contributed by atoms with Gasteiger partial charge in [-0.25, -0.2) is 0 Å². The normalized spacial score (nSPS) is 11.0. The number of carbonyl (C=O) groups excluding carboxylic acids is 1. The zero-order valence-electron chi connectivity index (χ0n) is 13.0. The van der Waals surface area contributed by atoms with Gasteiger partial charge in [0.15, 0.2) is 5.11 Å². The molecule has 2 aromatic carbocycles. The van der Waals surface area contributed by atoms with Gasteiger partial charge < -0.3 is 5.32 Å². The van der Waals surface area contributed by atoms with Gasteiger partial charge in [0.25, 0.3) is 5.91 Å². The predicted octanol–water partition coefficient (Wildman–Crippen LogP) is 4.45. The molecule has 3 nitrogen and oxygen atoms in total. The van der Waals surface area contributed by atoms with Gasteiger partial charge in [0.05, 0.1) is 5.56 Å². The summed E-state index contributed by atoms with van der Waals surface area (Å²) in [5.41, 5.74) is 1.61. The fourth-order valence-corrected chi connectivity index (χ4v) is 2.38. The molecule has 2 rings (SSSR count). The first-order valence-electron chi connectivity index (χ1n) is 7.03. The van der Waals surface area contributed by atoms with Crippen LogP contribution in [0.4, 0.5) is 18.9 Å². The average Bonchev–Trinajstić information content (AvgIpc) is 2.46. The number of nitrogens with one attached hydrogen (secondary N) is 2. The molecule has 7 heteroatoms. The smallest absolute Gasteiger partial charge is 0.332 e. The van der Waals surface area contributed by atoms with Crippen molar-refractivity contribution in [2.45, 2.75) is 20.0 Å². The summed E-state index contributed by atoms with van der Waals surface area (Å²) >= 11 is 4.99. The number of alkyl halides is 3. The minimum atomic E-state index is -4.44. The largest absolute Gasteiger partial charge is 0.416 e. The highest BCUT2D eigenvalue weighted by atomic mass is 32.1. The number of aryl methyl sites for hydroxylation is 2. The molecule has 0 aliphatic rings. The van der Waals surface area contributed by atoms with Crippen LogP contribution >= 0.6 is 12.2 Å². The van der Waals surface area contributed by atoms with Crippen molar-refractivity contribution in [1.82, 2.24) is 5.32 Å². The van der Waals surface area contributed by atoms with Crippen molar-refractivity contribution in [3.63, 3.8) is 0 Å². The molecule has 0 saturated heterocycles. The Labute approximate surface area is 142 Å². The summed E-state index contributed by atoms with van der Waals surface area (Å²) in [6.07, 6.45) is -4.44. The first-order valence-corrected chi connectivity index (χ1v) is 7.44. The molecule has 0 aliphatic carbocycles. The fraction of sp³-hybridized carbons (Fsp3) is 0.176. The number of benzene rings is 2. The maximum Gasteiger partial charge on any atom is 0.416 e. The van der Waals surface area contributed by atoms with Crippen LogP contribution in [0.2, 0.25) is 0 Å². The monoisotopic (exact) mass is 352 g/mol. The standard InChI is InChI=1S/C17H15F3N2OS/c1-10-6-7-14(11(2)8-10)15(23)22-16(24)21-13-5-3-4-12(9-13)17(18,19)20/h3-9H,1-2H3,(H2,21,22,23,24). The Morgan fingerprint density at radius 1 is 1.08 bits per heavy atom. The average molecular weight is 352 g/mol. The Balaban J connectivity index is 2.07. The summed E-state index contributed by atoms with van der Waals surface area (Å²) in [7, 11) is 0. The number of carbonyl (C=O) groups is 1. The lowest BCUT2D eigenvalue weighted by Gasteiger charge is -2.13. The maximum absolute atomic E-state index is 12.7. The zero-order valence-corrected chi connectivity index (χ0v) is 13.8. The molecule has 0 heterocycles. The van der Waals surface area contributed by atoms with E-state index in [1.54, 1.807) is 19.1 Å². The second kappa shape index (κ2) is 7.00. The molecule has 0 unspecified atom stereocenters. The van der Waals surface area contributed by atoms with Crippen LogP contribution in [-0.2, 0) is 6.18 Å². The molecule has 0 aliphatic heterocycles. The third-order valence-electron chi connectivity index (χ3n) is 3.30.